The molecule has 1 saturated heterocycles. The molecule has 1 aliphatic rings. The van der Waals surface area contributed by atoms with Gasteiger partial charge in [-0.25, -0.2) is 9.97 Å². The second-order valence-electron chi connectivity index (χ2n) is 5.11. The Kier molecular flexibility index (Phi) is 5.18. The van der Waals surface area contributed by atoms with E-state index in [-0.39, 0.29) is 21.8 Å². The number of amides is 1. The number of anilines is 1. The predicted octanol–water partition coefficient (Wildman–Crippen LogP) is 2.89. The van der Waals surface area contributed by atoms with Crippen molar-refractivity contribution >= 4 is 34.9 Å². The lowest BCUT2D eigenvalue weighted by molar-refractivity contribution is -0.127. The molecule has 0 spiro atoms. The summed E-state index contributed by atoms with van der Waals surface area (Å²) in [7, 11) is 0. The third-order valence-electron chi connectivity index (χ3n) is 3.59. The second kappa shape index (κ2) is 6.70. The van der Waals surface area contributed by atoms with Crippen LogP contribution in [0.5, 0.6) is 0 Å². The molecule has 0 aromatic carbocycles. The molecule has 20 heavy (non-hydrogen) atoms. The van der Waals surface area contributed by atoms with E-state index in [0.717, 1.165) is 32.2 Å². The van der Waals surface area contributed by atoms with Gasteiger partial charge in [-0.05, 0) is 37.4 Å². The van der Waals surface area contributed by atoms with E-state index < -0.39 is 0 Å². The van der Waals surface area contributed by atoms with Gasteiger partial charge in [0.15, 0.2) is 0 Å². The first-order valence-corrected chi connectivity index (χ1v) is 7.53. The van der Waals surface area contributed by atoms with E-state index in [0.29, 0.717) is 12.4 Å². The molecule has 1 aromatic rings. The number of carbonyl (C=O) groups excluding carboxylic acids is 1. The van der Waals surface area contributed by atoms with Gasteiger partial charge in [-0.1, -0.05) is 24.9 Å². The van der Waals surface area contributed by atoms with Crippen LogP contribution >= 0.6 is 23.2 Å². The van der Waals surface area contributed by atoms with E-state index in [1.807, 2.05) is 0 Å². The van der Waals surface area contributed by atoms with Crippen molar-refractivity contribution in [3.63, 3.8) is 0 Å². The Hall–Kier alpha value is -0.910. The quantitative estimate of drug-likeness (QED) is 0.662. The van der Waals surface area contributed by atoms with E-state index >= 15 is 0 Å². The van der Waals surface area contributed by atoms with Crippen molar-refractivity contribution in [2.24, 2.45) is 5.41 Å². The normalized spacial score (nSPS) is 22.6. The van der Waals surface area contributed by atoms with Gasteiger partial charge in [-0.15, -0.1) is 0 Å². The zero-order chi connectivity index (χ0) is 14.6. The van der Waals surface area contributed by atoms with Gasteiger partial charge in [0, 0.05) is 12.6 Å². The Morgan fingerprint density at radius 2 is 2.30 bits per heavy atom. The molecule has 2 N–H and O–H groups in total. The van der Waals surface area contributed by atoms with Crippen LogP contribution in [0.1, 0.15) is 32.6 Å². The van der Waals surface area contributed by atoms with E-state index in [4.69, 9.17) is 23.2 Å². The summed E-state index contributed by atoms with van der Waals surface area (Å²) in [5, 5.41) is 6.37. The Bertz CT molecular complexity index is 463. The van der Waals surface area contributed by atoms with Gasteiger partial charge in [0.2, 0.25) is 11.2 Å². The highest BCUT2D eigenvalue weighted by Crippen LogP contribution is 2.33. The molecule has 0 saturated carbocycles. The molecule has 2 heterocycles. The number of halogens is 2. The Morgan fingerprint density at radius 3 is 2.90 bits per heavy atom. The number of hydrogen-bond donors (Lipinski definition) is 2. The molecular formula is C13H18Cl2N4O. The van der Waals surface area contributed by atoms with Gasteiger partial charge in [-0.2, -0.15) is 0 Å². The number of rotatable bonds is 4. The van der Waals surface area contributed by atoms with Gasteiger partial charge in [0.05, 0.1) is 5.41 Å². The van der Waals surface area contributed by atoms with Crippen LogP contribution in [-0.4, -0.2) is 29.0 Å². The molecule has 1 amide bonds. The number of piperidine rings is 1. The average molecular weight is 317 g/mol. The number of aromatic nitrogens is 2. The Labute approximate surface area is 128 Å². The van der Waals surface area contributed by atoms with Crippen molar-refractivity contribution in [1.82, 2.24) is 15.3 Å². The van der Waals surface area contributed by atoms with Gasteiger partial charge in [-0.3, -0.25) is 4.79 Å². The van der Waals surface area contributed by atoms with Crippen molar-refractivity contribution in [3.8, 4) is 0 Å². The zero-order valence-corrected chi connectivity index (χ0v) is 12.9. The maximum absolute atomic E-state index is 12.6. The number of nitrogens with zero attached hydrogens (tertiary/aromatic N) is 2. The predicted molar refractivity (Wildman–Crippen MR) is 80.1 cm³/mol. The molecule has 110 valence electrons. The van der Waals surface area contributed by atoms with Crippen molar-refractivity contribution in [3.05, 3.63) is 16.5 Å². The monoisotopic (exact) mass is 316 g/mol. The fraction of sp³-hybridized carbons (Fsp3) is 0.615. The summed E-state index contributed by atoms with van der Waals surface area (Å²) >= 11 is 11.6. The average Bonchev–Trinajstić information content (AvgIpc) is 2.38. The molecule has 1 atom stereocenters. The van der Waals surface area contributed by atoms with E-state index in [9.17, 15) is 4.79 Å². The van der Waals surface area contributed by atoms with Gasteiger partial charge >= 0.3 is 0 Å². The lowest BCUT2D eigenvalue weighted by atomic mass is 9.76. The topological polar surface area (TPSA) is 66.9 Å². The maximum Gasteiger partial charge on any atom is 0.233 e. The third kappa shape index (κ3) is 3.59. The van der Waals surface area contributed by atoms with Crippen LogP contribution in [0.4, 0.5) is 5.82 Å². The zero-order valence-electron chi connectivity index (χ0n) is 11.4. The highest BCUT2D eigenvalue weighted by molar-refractivity contribution is 6.32. The standard InChI is InChI=1S/C13H18Cl2N4O/c1-2-4-13(5-3-6-16-8-13)11(20)18-10-7-9(14)17-12(15)19-10/h7,16H,2-6,8H2,1H3,(H,17,18,19,20). The minimum atomic E-state index is -0.378. The lowest BCUT2D eigenvalue weighted by Crippen LogP contribution is -2.48. The van der Waals surface area contributed by atoms with Crippen LogP contribution in [0.2, 0.25) is 10.4 Å². The van der Waals surface area contributed by atoms with Crippen LogP contribution < -0.4 is 10.6 Å². The first-order valence-electron chi connectivity index (χ1n) is 6.78. The molecule has 0 aliphatic carbocycles. The molecule has 2 rings (SSSR count). The smallest absolute Gasteiger partial charge is 0.233 e. The minimum Gasteiger partial charge on any atom is -0.316 e. The van der Waals surface area contributed by atoms with Gasteiger partial charge in [0.1, 0.15) is 11.0 Å². The molecular weight excluding hydrogens is 299 g/mol. The highest BCUT2D eigenvalue weighted by Gasteiger charge is 2.38. The first kappa shape index (κ1) is 15.5. The second-order valence-corrected chi connectivity index (χ2v) is 5.84. The van der Waals surface area contributed by atoms with Crippen LogP contribution in [0.25, 0.3) is 0 Å². The van der Waals surface area contributed by atoms with Crippen molar-refractivity contribution < 1.29 is 4.79 Å². The third-order valence-corrected chi connectivity index (χ3v) is 3.95. The molecule has 1 aromatic heterocycles. The first-order chi connectivity index (χ1) is 9.55. The summed E-state index contributed by atoms with van der Waals surface area (Å²) < 4.78 is 0. The van der Waals surface area contributed by atoms with E-state index in [1.54, 1.807) is 0 Å². The molecule has 1 aliphatic heterocycles. The van der Waals surface area contributed by atoms with Crippen LogP contribution in [-0.2, 0) is 4.79 Å². The van der Waals surface area contributed by atoms with Crippen LogP contribution in [0.3, 0.4) is 0 Å². The lowest BCUT2D eigenvalue weighted by Gasteiger charge is -2.36. The van der Waals surface area contributed by atoms with Gasteiger partial charge < -0.3 is 10.6 Å². The molecule has 1 fully saturated rings. The minimum absolute atomic E-state index is 0.0270. The van der Waals surface area contributed by atoms with Gasteiger partial charge in [0.25, 0.3) is 0 Å². The van der Waals surface area contributed by atoms with E-state index in [2.05, 4.69) is 27.5 Å². The summed E-state index contributed by atoms with van der Waals surface area (Å²) in [6.45, 7) is 3.74. The Balaban J connectivity index is 2.15. The van der Waals surface area contributed by atoms with Crippen LogP contribution in [0, 0.1) is 5.41 Å². The van der Waals surface area contributed by atoms with Crippen molar-refractivity contribution in [1.29, 1.82) is 0 Å². The largest absolute Gasteiger partial charge is 0.316 e. The molecule has 5 nitrogen and oxygen atoms in total. The molecule has 0 bridgehead atoms. The maximum atomic E-state index is 12.6. The van der Waals surface area contributed by atoms with Crippen molar-refractivity contribution in [2.75, 3.05) is 18.4 Å². The molecule has 0 radical (unpaired) electrons. The highest BCUT2D eigenvalue weighted by atomic mass is 35.5. The number of carbonyl (C=O) groups is 1. The fourth-order valence-electron chi connectivity index (χ4n) is 2.67. The number of hydrogen-bond acceptors (Lipinski definition) is 4. The fourth-order valence-corrected chi connectivity index (χ4v) is 3.08. The Morgan fingerprint density at radius 1 is 1.50 bits per heavy atom. The van der Waals surface area contributed by atoms with Crippen molar-refractivity contribution in [2.45, 2.75) is 32.6 Å². The van der Waals surface area contributed by atoms with E-state index in [1.165, 1.54) is 6.07 Å². The summed E-state index contributed by atoms with van der Waals surface area (Å²) in [6, 6.07) is 1.50. The molecule has 7 heteroatoms. The number of nitrogens with one attached hydrogen (secondary N) is 2. The van der Waals surface area contributed by atoms with Crippen LogP contribution in [0.15, 0.2) is 6.07 Å². The summed E-state index contributed by atoms with van der Waals surface area (Å²) in [4.78, 5) is 20.3. The SMILES string of the molecule is CCCC1(C(=O)Nc2cc(Cl)nc(Cl)n2)CCCNC1. The summed E-state index contributed by atoms with van der Waals surface area (Å²) in [5.74, 6) is 0.318. The molecule has 1 unspecified atom stereocenters. The summed E-state index contributed by atoms with van der Waals surface area (Å²) in [6.07, 6.45) is 3.68. The summed E-state index contributed by atoms with van der Waals surface area (Å²) in [5.41, 5.74) is -0.378.